The van der Waals surface area contributed by atoms with Crippen LogP contribution in [-0.4, -0.2) is 6.61 Å². The maximum Gasteiger partial charge on any atom is 0.142 e. The Morgan fingerprint density at radius 1 is 1.06 bits per heavy atom. The first kappa shape index (κ1) is 10.2. The van der Waals surface area contributed by atoms with Gasteiger partial charge in [0.25, 0.3) is 0 Å². The van der Waals surface area contributed by atoms with Gasteiger partial charge < -0.3 is 10.1 Å². The molecule has 2 aromatic carbocycles. The molecule has 0 radical (unpaired) electrons. The van der Waals surface area contributed by atoms with E-state index in [1.807, 2.05) is 18.2 Å². The number of anilines is 1. The molecule has 0 spiro atoms. The SMILES string of the molecule is Cc1ccc(C2COc3ccccc3N2)cc1. The summed E-state index contributed by atoms with van der Waals surface area (Å²) in [4.78, 5) is 0. The Kier molecular flexibility index (Phi) is 2.48. The Morgan fingerprint density at radius 2 is 1.82 bits per heavy atom. The summed E-state index contributed by atoms with van der Waals surface area (Å²) in [7, 11) is 0. The van der Waals surface area contributed by atoms with Crippen molar-refractivity contribution in [1.82, 2.24) is 0 Å². The van der Waals surface area contributed by atoms with Crippen LogP contribution in [0.25, 0.3) is 0 Å². The molecule has 1 atom stereocenters. The Balaban J connectivity index is 1.86. The second kappa shape index (κ2) is 4.13. The molecular weight excluding hydrogens is 210 g/mol. The number of hydrogen-bond acceptors (Lipinski definition) is 2. The van der Waals surface area contributed by atoms with E-state index in [4.69, 9.17) is 4.74 Å². The van der Waals surface area contributed by atoms with E-state index in [-0.39, 0.29) is 6.04 Å². The highest BCUT2D eigenvalue weighted by molar-refractivity contribution is 5.59. The Hall–Kier alpha value is -1.96. The number of rotatable bonds is 1. The van der Waals surface area contributed by atoms with Gasteiger partial charge in [-0.05, 0) is 24.6 Å². The largest absolute Gasteiger partial charge is 0.489 e. The van der Waals surface area contributed by atoms with Crippen LogP contribution in [0.15, 0.2) is 48.5 Å². The average molecular weight is 225 g/mol. The molecule has 0 fully saturated rings. The fourth-order valence-corrected chi connectivity index (χ4v) is 2.09. The maximum absolute atomic E-state index is 5.76. The fourth-order valence-electron chi connectivity index (χ4n) is 2.09. The molecular formula is C15H15NO. The van der Waals surface area contributed by atoms with Crippen molar-refractivity contribution < 1.29 is 4.74 Å². The Bertz CT molecular complexity index is 519. The number of hydrogen-bond donors (Lipinski definition) is 1. The molecule has 2 heteroatoms. The molecule has 17 heavy (non-hydrogen) atoms. The summed E-state index contributed by atoms with van der Waals surface area (Å²) >= 11 is 0. The van der Waals surface area contributed by atoms with Gasteiger partial charge in [0.2, 0.25) is 0 Å². The molecule has 3 rings (SSSR count). The molecule has 0 aliphatic carbocycles. The summed E-state index contributed by atoms with van der Waals surface area (Å²) in [6.07, 6.45) is 0. The van der Waals surface area contributed by atoms with Crippen molar-refractivity contribution >= 4 is 5.69 Å². The average Bonchev–Trinajstić information content (AvgIpc) is 2.39. The van der Waals surface area contributed by atoms with Gasteiger partial charge in [0, 0.05) is 0 Å². The highest BCUT2D eigenvalue weighted by Crippen LogP contribution is 2.33. The van der Waals surface area contributed by atoms with E-state index in [1.165, 1.54) is 11.1 Å². The molecule has 2 nitrogen and oxygen atoms in total. The minimum atomic E-state index is 0.241. The van der Waals surface area contributed by atoms with Crippen LogP contribution in [0.1, 0.15) is 17.2 Å². The third kappa shape index (κ3) is 1.98. The predicted molar refractivity (Wildman–Crippen MR) is 69.5 cm³/mol. The summed E-state index contributed by atoms with van der Waals surface area (Å²) < 4.78 is 5.76. The zero-order valence-corrected chi connectivity index (χ0v) is 9.81. The zero-order valence-electron chi connectivity index (χ0n) is 9.81. The summed E-state index contributed by atoms with van der Waals surface area (Å²) in [6, 6.07) is 16.9. The molecule has 1 heterocycles. The van der Waals surface area contributed by atoms with Crippen molar-refractivity contribution in [2.45, 2.75) is 13.0 Å². The summed E-state index contributed by atoms with van der Waals surface area (Å²) in [5.74, 6) is 0.941. The first-order valence-electron chi connectivity index (χ1n) is 5.88. The molecule has 86 valence electrons. The summed E-state index contributed by atoms with van der Waals surface area (Å²) in [6.45, 7) is 2.78. The normalized spacial score (nSPS) is 17.8. The van der Waals surface area contributed by atoms with Gasteiger partial charge in [0.1, 0.15) is 12.4 Å². The van der Waals surface area contributed by atoms with E-state index in [2.05, 4.69) is 42.6 Å². The predicted octanol–water partition coefficient (Wildman–Crippen LogP) is 3.54. The standard InChI is InChI=1S/C15H15NO/c1-11-6-8-12(9-7-11)14-10-17-15-5-3-2-4-13(15)16-14/h2-9,14,16H,10H2,1H3. The Labute approximate surface area is 101 Å². The van der Waals surface area contributed by atoms with Gasteiger partial charge in [0.05, 0.1) is 11.7 Å². The molecule has 0 saturated heterocycles. The summed E-state index contributed by atoms with van der Waals surface area (Å²) in [5, 5.41) is 3.51. The molecule has 0 saturated carbocycles. The first-order chi connectivity index (χ1) is 8.33. The van der Waals surface area contributed by atoms with Crippen LogP contribution in [0.4, 0.5) is 5.69 Å². The number of para-hydroxylation sites is 2. The van der Waals surface area contributed by atoms with Gasteiger partial charge in [-0.25, -0.2) is 0 Å². The van der Waals surface area contributed by atoms with Crippen molar-refractivity contribution in [2.75, 3.05) is 11.9 Å². The molecule has 1 unspecified atom stereocenters. The van der Waals surface area contributed by atoms with Crippen LogP contribution in [0, 0.1) is 6.92 Å². The van der Waals surface area contributed by atoms with Crippen molar-refractivity contribution in [1.29, 1.82) is 0 Å². The molecule has 0 bridgehead atoms. The van der Waals surface area contributed by atoms with Gasteiger partial charge in [-0.3, -0.25) is 0 Å². The van der Waals surface area contributed by atoms with E-state index >= 15 is 0 Å². The van der Waals surface area contributed by atoms with Crippen LogP contribution in [-0.2, 0) is 0 Å². The molecule has 1 aliphatic heterocycles. The smallest absolute Gasteiger partial charge is 0.142 e. The maximum atomic E-state index is 5.76. The van der Waals surface area contributed by atoms with Crippen molar-refractivity contribution in [3.05, 3.63) is 59.7 Å². The van der Waals surface area contributed by atoms with Crippen molar-refractivity contribution in [3.63, 3.8) is 0 Å². The molecule has 1 aliphatic rings. The minimum absolute atomic E-state index is 0.241. The lowest BCUT2D eigenvalue weighted by atomic mass is 10.0. The third-order valence-electron chi connectivity index (χ3n) is 3.10. The molecule has 2 aromatic rings. The van der Waals surface area contributed by atoms with Gasteiger partial charge >= 0.3 is 0 Å². The van der Waals surface area contributed by atoms with E-state index in [9.17, 15) is 0 Å². The monoisotopic (exact) mass is 225 g/mol. The zero-order chi connectivity index (χ0) is 11.7. The highest BCUT2D eigenvalue weighted by atomic mass is 16.5. The van der Waals surface area contributed by atoms with Crippen LogP contribution in [0.5, 0.6) is 5.75 Å². The van der Waals surface area contributed by atoms with Gasteiger partial charge in [-0.2, -0.15) is 0 Å². The number of nitrogens with one attached hydrogen (secondary N) is 1. The van der Waals surface area contributed by atoms with E-state index in [0.29, 0.717) is 6.61 Å². The molecule has 0 aromatic heterocycles. The van der Waals surface area contributed by atoms with Crippen LogP contribution < -0.4 is 10.1 Å². The van der Waals surface area contributed by atoms with Crippen molar-refractivity contribution in [3.8, 4) is 5.75 Å². The lowest BCUT2D eigenvalue weighted by Gasteiger charge is -2.27. The number of benzene rings is 2. The van der Waals surface area contributed by atoms with E-state index in [1.54, 1.807) is 0 Å². The molecule has 0 amide bonds. The third-order valence-corrected chi connectivity index (χ3v) is 3.10. The van der Waals surface area contributed by atoms with Gasteiger partial charge in [0.15, 0.2) is 0 Å². The van der Waals surface area contributed by atoms with E-state index < -0.39 is 0 Å². The minimum Gasteiger partial charge on any atom is -0.489 e. The lowest BCUT2D eigenvalue weighted by molar-refractivity contribution is 0.286. The summed E-state index contributed by atoms with van der Waals surface area (Å²) in [5.41, 5.74) is 3.63. The van der Waals surface area contributed by atoms with E-state index in [0.717, 1.165) is 11.4 Å². The molecule has 1 N–H and O–H groups in total. The number of fused-ring (bicyclic) bond motifs is 1. The van der Waals surface area contributed by atoms with Crippen molar-refractivity contribution in [2.24, 2.45) is 0 Å². The fraction of sp³-hybridized carbons (Fsp3) is 0.200. The lowest BCUT2D eigenvalue weighted by Crippen LogP contribution is -2.23. The van der Waals surface area contributed by atoms with Gasteiger partial charge in [-0.15, -0.1) is 0 Å². The Morgan fingerprint density at radius 3 is 2.65 bits per heavy atom. The topological polar surface area (TPSA) is 21.3 Å². The second-order valence-electron chi connectivity index (χ2n) is 4.41. The van der Waals surface area contributed by atoms with Crippen LogP contribution >= 0.6 is 0 Å². The van der Waals surface area contributed by atoms with Crippen LogP contribution in [0.3, 0.4) is 0 Å². The quantitative estimate of drug-likeness (QED) is 0.801. The highest BCUT2D eigenvalue weighted by Gasteiger charge is 2.19. The van der Waals surface area contributed by atoms with Gasteiger partial charge in [-0.1, -0.05) is 42.0 Å². The number of ether oxygens (including phenoxy) is 1. The second-order valence-corrected chi connectivity index (χ2v) is 4.41. The van der Waals surface area contributed by atoms with Crippen LogP contribution in [0.2, 0.25) is 0 Å². The number of aryl methyl sites for hydroxylation is 1. The first-order valence-corrected chi connectivity index (χ1v) is 5.88.